The molecule has 2 rings (SSSR count). The minimum atomic E-state index is -4.41. The molecule has 1 N–H and O–H groups in total. The van der Waals surface area contributed by atoms with Gasteiger partial charge in [-0.15, -0.1) is 0 Å². The Morgan fingerprint density at radius 3 is 2.43 bits per heavy atom. The van der Waals surface area contributed by atoms with Crippen molar-refractivity contribution in [2.24, 2.45) is 0 Å². The van der Waals surface area contributed by atoms with Crippen LogP contribution >= 0.6 is 0 Å². The molecule has 0 amide bonds. The first-order chi connectivity index (χ1) is 9.77. The zero-order valence-corrected chi connectivity index (χ0v) is 11.3. The normalized spacial score (nSPS) is 13.2. The second kappa shape index (κ2) is 5.85. The van der Waals surface area contributed by atoms with Crippen LogP contribution in [-0.4, -0.2) is 5.11 Å². The van der Waals surface area contributed by atoms with E-state index in [1.165, 1.54) is 30.3 Å². The molecule has 1 nitrogen and oxygen atoms in total. The summed E-state index contributed by atoms with van der Waals surface area (Å²) in [5.74, 6) is -0.384. The molecule has 0 saturated carbocycles. The van der Waals surface area contributed by atoms with Crippen LogP contribution in [0.4, 0.5) is 17.6 Å². The van der Waals surface area contributed by atoms with Gasteiger partial charge in [0.15, 0.2) is 0 Å². The molecule has 0 aliphatic rings. The third-order valence-electron chi connectivity index (χ3n) is 3.25. The zero-order valence-electron chi connectivity index (χ0n) is 11.3. The van der Waals surface area contributed by atoms with Crippen LogP contribution in [0.3, 0.4) is 0 Å². The Kier molecular flexibility index (Phi) is 4.32. The maximum absolute atomic E-state index is 13.2. The van der Waals surface area contributed by atoms with Crippen molar-refractivity contribution in [3.63, 3.8) is 0 Å². The lowest BCUT2D eigenvalue weighted by Crippen LogP contribution is -2.07. The van der Waals surface area contributed by atoms with Crippen LogP contribution in [-0.2, 0) is 12.6 Å². The van der Waals surface area contributed by atoms with Crippen molar-refractivity contribution >= 4 is 0 Å². The first-order valence-corrected chi connectivity index (χ1v) is 6.37. The fraction of sp³-hybridized carbons (Fsp3) is 0.250. The number of alkyl halides is 3. The highest BCUT2D eigenvalue weighted by Gasteiger charge is 2.30. The van der Waals surface area contributed by atoms with Crippen LogP contribution in [0.15, 0.2) is 42.5 Å². The van der Waals surface area contributed by atoms with E-state index in [0.29, 0.717) is 16.7 Å². The SMILES string of the molecule is Cc1cc(C(O)Cc2cccc(C(F)(F)F)c2)ccc1F. The third-order valence-corrected chi connectivity index (χ3v) is 3.25. The van der Waals surface area contributed by atoms with E-state index in [2.05, 4.69) is 0 Å². The summed E-state index contributed by atoms with van der Waals surface area (Å²) in [6.45, 7) is 1.57. The van der Waals surface area contributed by atoms with Crippen molar-refractivity contribution in [3.8, 4) is 0 Å². The first kappa shape index (κ1) is 15.5. The molecule has 0 aromatic heterocycles. The Bertz CT molecular complexity index is 634. The van der Waals surface area contributed by atoms with E-state index in [1.807, 2.05) is 0 Å². The number of benzene rings is 2. The molecule has 0 bridgehead atoms. The van der Waals surface area contributed by atoms with Gasteiger partial charge < -0.3 is 5.11 Å². The molecule has 0 radical (unpaired) electrons. The van der Waals surface area contributed by atoms with Gasteiger partial charge in [0.25, 0.3) is 0 Å². The lowest BCUT2D eigenvalue weighted by atomic mass is 9.98. The van der Waals surface area contributed by atoms with Gasteiger partial charge in [0.2, 0.25) is 0 Å². The predicted octanol–water partition coefficient (Wildman–Crippen LogP) is 4.43. The van der Waals surface area contributed by atoms with Crippen LogP contribution in [0.25, 0.3) is 0 Å². The van der Waals surface area contributed by atoms with Crippen LogP contribution < -0.4 is 0 Å². The second-order valence-electron chi connectivity index (χ2n) is 4.93. The number of hydrogen-bond acceptors (Lipinski definition) is 1. The van der Waals surface area contributed by atoms with Crippen molar-refractivity contribution in [3.05, 3.63) is 70.5 Å². The molecule has 5 heteroatoms. The molecule has 1 unspecified atom stereocenters. The van der Waals surface area contributed by atoms with Crippen molar-refractivity contribution < 1.29 is 22.7 Å². The predicted molar refractivity (Wildman–Crippen MR) is 71.2 cm³/mol. The summed E-state index contributed by atoms with van der Waals surface area (Å²) in [6.07, 6.45) is -5.35. The van der Waals surface area contributed by atoms with Gasteiger partial charge in [0.05, 0.1) is 11.7 Å². The molecular weight excluding hydrogens is 284 g/mol. The van der Waals surface area contributed by atoms with Crippen LogP contribution in [0, 0.1) is 12.7 Å². The molecule has 2 aromatic rings. The summed E-state index contributed by atoms with van der Waals surface area (Å²) in [4.78, 5) is 0. The Morgan fingerprint density at radius 2 is 1.81 bits per heavy atom. The number of rotatable bonds is 3. The van der Waals surface area contributed by atoms with E-state index in [-0.39, 0.29) is 12.2 Å². The van der Waals surface area contributed by atoms with Gasteiger partial charge in [0.1, 0.15) is 5.82 Å². The van der Waals surface area contributed by atoms with Crippen molar-refractivity contribution in [2.75, 3.05) is 0 Å². The molecule has 0 heterocycles. The fourth-order valence-electron chi connectivity index (χ4n) is 2.09. The lowest BCUT2D eigenvalue weighted by molar-refractivity contribution is -0.137. The maximum atomic E-state index is 13.2. The summed E-state index contributed by atoms with van der Waals surface area (Å²) >= 11 is 0. The third kappa shape index (κ3) is 3.82. The average Bonchev–Trinajstić information content (AvgIpc) is 2.41. The van der Waals surface area contributed by atoms with E-state index < -0.39 is 17.8 Å². The van der Waals surface area contributed by atoms with Crippen molar-refractivity contribution in [1.82, 2.24) is 0 Å². The number of aryl methyl sites for hydroxylation is 1. The smallest absolute Gasteiger partial charge is 0.388 e. The number of aliphatic hydroxyl groups is 1. The minimum Gasteiger partial charge on any atom is -0.388 e. The van der Waals surface area contributed by atoms with E-state index >= 15 is 0 Å². The Labute approximate surface area is 119 Å². The Morgan fingerprint density at radius 1 is 1.10 bits per heavy atom. The van der Waals surface area contributed by atoms with Gasteiger partial charge in [0, 0.05) is 6.42 Å². The number of hydrogen-bond donors (Lipinski definition) is 1. The van der Waals surface area contributed by atoms with Crippen LogP contribution in [0.2, 0.25) is 0 Å². The molecule has 112 valence electrons. The van der Waals surface area contributed by atoms with Crippen molar-refractivity contribution in [2.45, 2.75) is 25.6 Å². The molecular formula is C16H14F4O. The quantitative estimate of drug-likeness (QED) is 0.831. The molecule has 0 saturated heterocycles. The van der Waals surface area contributed by atoms with E-state index in [4.69, 9.17) is 0 Å². The number of halogens is 4. The molecule has 0 aliphatic carbocycles. The highest BCUT2D eigenvalue weighted by molar-refractivity contribution is 5.30. The van der Waals surface area contributed by atoms with Crippen molar-refractivity contribution in [1.29, 1.82) is 0 Å². The van der Waals surface area contributed by atoms with Gasteiger partial charge in [-0.1, -0.05) is 30.3 Å². The monoisotopic (exact) mass is 298 g/mol. The van der Waals surface area contributed by atoms with E-state index in [0.717, 1.165) is 12.1 Å². The average molecular weight is 298 g/mol. The first-order valence-electron chi connectivity index (χ1n) is 6.37. The molecule has 0 fully saturated rings. The summed E-state index contributed by atoms with van der Waals surface area (Å²) in [6, 6.07) is 8.99. The molecule has 0 spiro atoms. The highest BCUT2D eigenvalue weighted by Crippen LogP contribution is 2.30. The summed E-state index contributed by atoms with van der Waals surface area (Å²) in [5.41, 5.74) is 0.490. The lowest BCUT2D eigenvalue weighted by Gasteiger charge is -2.14. The maximum Gasteiger partial charge on any atom is 0.416 e. The van der Waals surface area contributed by atoms with Crippen LogP contribution in [0.1, 0.15) is 28.4 Å². The zero-order chi connectivity index (χ0) is 15.6. The number of aliphatic hydroxyl groups excluding tert-OH is 1. The topological polar surface area (TPSA) is 20.2 Å². The Balaban J connectivity index is 2.19. The second-order valence-corrected chi connectivity index (χ2v) is 4.93. The standard InChI is InChI=1S/C16H14F4O/c1-10-7-12(5-6-14(10)17)15(21)9-11-3-2-4-13(8-11)16(18,19)20/h2-8,15,21H,9H2,1H3. The summed E-state index contributed by atoms with van der Waals surface area (Å²) < 4.78 is 51.0. The molecule has 21 heavy (non-hydrogen) atoms. The Hall–Kier alpha value is -1.88. The highest BCUT2D eigenvalue weighted by atomic mass is 19.4. The van der Waals surface area contributed by atoms with E-state index in [1.54, 1.807) is 6.92 Å². The van der Waals surface area contributed by atoms with Gasteiger partial charge in [-0.25, -0.2) is 4.39 Å². The molecule has 0 aliphatic heterocycles. The summed E-state index contributed by atoms with van der Waals surface area (Å²) in [5, 5.41) is 10.1. The minimum absolute atomic E-state index is 0.0367. The fourth-order valence-corrected chi connectivity index (χ4v) is 2.09. The molecule has 2 aromatic carbocycles. The van der Waals surface area contributed by atoms with E-state index in [9.17, 15) is 22.7 Å². The van der Waals surface area contributed by atoms with Gasteiger partial charge in [-0.05, 0) is 35.7 Å². The van der Waals surface area contributed by atoms with Gasteiger partial charge >= 0.3 is 6.18 Å². The van der Waals surface area contributed by atoms with Gasteiger partial charge in [-0.2, -0.15) is 13.2 Å². The summed E-state index contributed by atoms with van der Waals surface area (Å²) in [7, 11) is 0. The van der Waals surface area contributed by atoms with Crippen LogP contribution in [0.5, 0.6) is 0 Å². The van der Waals surface area contributed by atoms with Gasteiger partial charge in [-0.3, -0.25) is 0 Å². The molecule has 1 atom stereocenters. The largest absolute Gasteiger partial charge is 0.416 e.